The van der Waals surface area contributed by atoms with Gasteiger partial charge in [0.1, 0.15) is 6.23 Å². The fourth-order valence-electron chi connectivity index (χ4n) is 9.98. The molecule has 5 rings (SSSR count). The van der Waals surface area contributed by atoms with Crippen molar-refractivity contribution in [2.75, 3.05) is 26.2 Å². The van der Waals surface area contributed by atoms with Crippen LogP contribution < -0.4 is 10.0 Å². The maximum atomic E-state index is 12.5. The van der Waals surface area contributed by atoms with Crippen LogP contribution in [0, 0.1) is 40.4 Å². The zero-order valence-electron chi connectivity index (χ0n) is 23.0. The van der Waals surface area contributed by atoms with Gasteiger partial charge < -0.3 is 10.4 Å². The predicted octanol–water partition coefficient (Wildman–Crippen LogP) is 5.04. The molecule has 7 heteroatoms. The molecule has 2 unspecified atom stereocenters. The topological polar surface area (TPSA) is 81.7 Å². The molecule has 8 atom stereocenters. The Hall–Kier alpha value is -0.210. The third kappa shape index (κ3) is 5.30. The highest BCUT2D eigenvalue weighted by molar-refractivity contribution is 7.87. The highest BCUT2D eigenvalue weighted by Gasteiger charge is 2.59. The highest BCUT2D eigenvalue weighted by Crippen LogP contribution is 2.67. The maximum absolute atomic E-state index is 12.5. The summed E-state index contributed by atoms with van der Waals surface area (Å²) in [6.45, 7) is 7.52. The molecule has 0 aromatic rings. The van der Waals surface area contributed by atoms with Crippen molar-refractivity contribution in [2.24, 2.45) is 40.4 Å². The molecule has 1 aliphatic heterocycles. The second kappa shape index (κ2) is 11.1. The third-order valence-corrected chi connectivity index (χ3v) is 13.6. The molecular formula is C29H53N3O3S. The summed E-state index contributed by atoms with van der Waals surface area (Å²) in [6, 6.07) is 0. The molecular weight excluding hydrogens is 470 g/mol. The molecule has 208 valence electrons. The van der Waals surface area contributed by atoms with Gasteiger partial charge in [-0.15, -0.1) is 0 Å². The van der Waals surface area contributed by atoms with Crippen molar-refractivity contribution in [1.29, 1.82) is 0 Å². The first kappa shape index (κ1) is 27.4. The molecule has 1 heterocycles. The Morgan fingerprint density at radius 3 is 2.47 bits per heavy atom. The second-order valence-electron chi connectivity index (χ2n) is 13.7. The van der Waals surface area contributed by atoms with E-state index < -0.39 is 16.4 Å². The molecule has 0 spiro atoms. The van der Waals surface area contributed by atoms with Gasteiger partial charge in [0.05, 0.1) is 0 Å². The summed E-state index contributed by atoms with van der Waals surface area (Å²) < 4.78 is 28.8. The van der Waals surface area contributed by atoms with Crippen LogP contribution >= 0.6 is 0 Å². The van der Waals surface area contributed by atoms with Gasteiger partial charge in [-0.1, -0.05) is 33.1 Å². The lowest BCUT2D eigenvalue weighted by Crippen LogP contribution is -2.52. The van der Waals surface area contributed by atoms with E-state index in [0.717, 1.165) is 61.8 Å². The molecule has 6 nitrogen and oxygen atoms in total. The standard InChI is InChI=1S/C29H53N3O3S/c1-28-16-5-4-9-22(28)11-13-24-25-14-12-23(29(25,2)17-15-26(24)28)10-8-18-30-21-27(33)31-36(34,35)32-19-6-3-7-20-32/h22-27,30-31,33H,3-21H2,1-2H3/t22-,23?,24-,25-,26-,27?,28-,29+/m0/s1. The van der Waals surface area contributed by atoms with Gasteiger partial charge in [-0.25, -0.2) is 0 Å². The number of hydrogen-bond donors (Lipinski definition) is 3. The molecule has 4 saturated carbocycles. The van der Waals surface area contributed by atoms with Crippen LogP contribution in [-0.2, 0) is 10.2 Å². The van der Waals surface area contributed by atoms with Crippen molar-refractivity contribution in [2.45, 2.75) is 116 Å². The lowest BCUT2D eigenvalue weighted by molar-refractivity contribution is -0.111. The second-order valence-corrected chi connectivity index (χ2v) is 15.4. The van der Waals surface area contributed by atoms with E-state index in [0.29, 0.717) is 23.9 Å². The largest absolute Gasteiger partial charge is 0.376 e. The van der Waals surface area contributed by atoms with Crippen LogP contribution in [0.3, 0.4) is 0 Å². The summed E-state index contributed by atoms with van der Waals surface area (Å²) >= 11 is 0. The van der Waals surface area contributed by atoms with Crippen LogP contribution in [0.1, 0.15) is 110 Å². The normalized spacial score (nSPS) is 42.4. The minimum Gasteiger partial charge on any atom is -0.376 e. The first-order valence-corrected chi connectivity index (χ1v) is 16.8. The first-order valence-electron chi connectivity index (χ1n) is 15.4. The molecule has 0 radical (unpaired) electrons. The smallest absolute Gasteiger partial charge is 0.281 e. The molecule has 36 heavy (non-hydrogen) atoms. The van der Waals surface area contributed by atoms with E-state index in [-0.39, 0.29) is 6.54 Å². The molecule has 0 aromatic heterocycles. The predicted molar refractivity (Wildman–Crippen MR) is 145 cm³/mol. The number of nitrogens with one attached hydrogen (secondary N) is 2. The average molecular weight is 524 g/mol. The van der Waals surface area contributed by atoms with Crippen molar-refractivity contribution >= 4 is 10.2 Å². The van der Waals surface area contributed by atoms with E-state index in [1.54, 1.807) is 0 Å². The molecule has 0 aromatic carbocycles. The van der Waals surface area contributed by atoms with Crippen molar-refractivity contribution in [3.8, 4) is 0 Å². The zero-order chi connectivity index (χ0) is 25.4. The van der Waals surface area contributed by atoms with Crippen molar-refractivity contribution in [1.82, 2.24) is 14.3 Å². The van der Waals surface area contributed by atoms with E-state index in [2.05, 4.69) is 23.9 Å². The summed E-state index contributed by atoms with van der Waals surface area (Å²) in [6.07, 6.45) is 18.8. The third-order valence-electron chi connectivity index (χ3n) is 12.0. The van der Waals surface area contributed by atoms with E-state index in [1.807, 2.05) is 0 Å². The summed E-state index contributed by atoms with van der Waals surface area (Å²) in [5.41, 5.74) is 1.14. The fraction of sp³-hybridized carbons (Fsp3) is 1.00. The van der Waals surface area contributed by atoms with Gasteiger partial charge in [0.25, 0.3) is 10.2 Å². The van der Waals surface area contributed by atoms with Crippen LogP contribution in [0.5, 0.6) is 0 Å². The van der Waals surface area contributed by atoms with E-state index >= 15 is 0 Å². The molecule has 5 aliphatic rings. The van der Waals surface area contributed by atoms with Gasteiger partial charge in [0.2, 0.25) is 0 Å². The van der Waals surface area contributed by atoms with Crippen molar-refractivity contribution < 1.29 is 13.5 Å². The van der Waals surface area contributed by atoms with Gasteiger partial charge in [-0.05, 0) is 124 Å². The van der Waals surface area contributed by atoms with Gasteiger partial charge in [0, 0.05) is 19.6 Å². The summed E-state index contributed by atoms with van der Waals surface area (Å²) in [4.78, 5) is 0. The molecule has 5 fully saturated rings. The fourth-order valence-corrected chi connectivity index (χ4v) is 11.3. The van der Waals surface area contributed by atoms with Crippen molar-refractivity contribution in [3.63, 3.8) is 0 Å². The lowest BCUT2D eigenvalue weighted by atomic mass is 9.45. The van der Waals surface area contributed by atoms with Crippen LogP contribution in [0.2, 0.25) is 0 Å². The summed E-state index contributed by atoms with van der Waals surface area (Å²) in [7, 11) is -3.59. The highest BCUT2D eigenvalue weighted by atomic mass is 32.2. The van der Waals surface area contributed by atoms with Gasteiger partial charge in [-0.3, -0.25) is 0 Å². The number of piperidine rings is 1. The maximum Gasteiger partial charge on any atom is 0.281 e. The first-order chi connectivity index (χ1) is 17.2. The number of hydrogen-bond acceptors (Lipinski definition) is 4. The molecule has 0 amide bonds. The number of rotatable bonds is 9. The lowest BCUT2D eigenvalue weighted by Gasteiger charge is -2.60. The van der Waals surface area contributed by atoms with Crippen LogP contribution in [0.15, 0.2) is 0 Å². The molecule has 1 saturated heterocycles. The van der Waals surface area contributed by atoms with E-state index in [9.17, 15) is 13.5 Å². The Morgan fingerprint density at radius 2 is 1.67 bits per heavy atom. The number of aliphatic hydroxyl groups is 1. The Bertz CT molecular complexity index is 847. The van der Waals surface area contributed by atoms with Crippen LogP contribution in [0.4, 0.5) is 0 Å². The monoisotopic (exact) mass is 523 g/mol. The number of aliphatic hydroxyl groups excluding tert-OH is 1. The SMILES string of the molecule is C[C@]12CCCC[C@H]1CC[C@@H]1[C@@H]2CC[C@]2(C)C(CCCNCC(O)NS(=O)(=O)N3CCCCC3)CC[C@@H]12. The zero-order valence-corrected chi connectivity index (χ0v) is 23.8. The average Bonchev–Trinajstić information content (AvgIpc) is 3.20. The molecule has 3 N–H and O–H groups in total. The summed E-state index contributed by atoms with van der Waals surface area (Å²) in [5.74, 6) is 4.70. The Balaban J connectivity index is 1.06. The van der Waals surface area contributed by atoms with Crippen LogP contribution in [0.25, 0.3) is 0 Å². The van der Waals surface area contributed by atoms with E-state index in [1.165, 1.54) is 74.9 Å². The van der Waals surface area contributed by atoms with Gasteiger partial charge in [0.15, 0.2) is 0 Å². The summed E-state index contributed by atoms with van der Waals surface area (Å²) in [5, 5.41) is 13.6. The number of nitrogens with zero attached hydrogens (tertiary/aromatic N) is 1. The minimum absolute atomic E-state index is 0.265. The number of fused-ring (bicyclic) bond motifs is 5. The Morgan fingerprint density at radius 1 is 0.889 bits per heavy atom. The van der Waals surface area contributed by atoms with Gasteiger partial charge in [-0.2, -0.15) is 17.4 Å². The molecule has 0 bridgehead atoms. The minimum atomic E-state index is -3.59. The quantitative estimate of drug-likeness (QED) is 0.292. The van der Waals surface area contributed by atoms with E-state index in [4.69, 9.17) is 0 Å². The molecule has 4 aliphatic carbocycles. The van der Waals surface area contributed by atoms with Gasteiger partial charge >= 0.3 is 0 Å². The Kier molecular flexibility index (Phi) is 8.44. The Labute approximate surface area is 220 Å². The van der Waals surface area contributed by atoms with Crippen LogP contribution in [-0.4, -0.2) is 50.2 Å². The van der Waals surface area contributed by atoms with Crippen molar-refractivity contribution in [3.05, 3.63) is 0 Å².